The number of carbonyl (C=O) groups is 1. The van der Waals surface area contributed by atoms with Crippen LogP contribution in [0, 0.1) is 5.82 Å². The second kappa shape index (κ2) is 8.00. The number of alkyl halides is 3. The molecule has 0 aromatic heterocycles. The van der Waals surface area contributed by atoms with Gasteiger partial charge in [0.2, 0.25) is 5.91 Å². The van der Waals surface area contributed by atoms with Crippen molar-refractivity contribution in [1.82, 2.24) is 4.90 Å². The highest BCUT2D eigenvalue weighted by molar-refractivity contribution is 14.1. The summed E-state index contributed by atoms with van der Waals surface area (Å²) in [4.78, 5) is 13.1. The molecule has 23 heavy (non-hydrogen) atoms. The first-order valence-corrected chi connectivity index (χ1v) is 8.04. The van der Waals surface area contributed by atoms with E-state index in [4.69, 9.17) is 9.47 Å². The van der Waals surface area contributed by atoms with Crippen LogP contribution in [-0.2, 0) is 9.53 Å². The topological polar surface area (TPSA) is 38.8 Å². The summed E-state index contributed by atoms with van der Waals surface area (Å²) in [6.45, 7) is -0.792. The third-order valence-electron chi connectivity index (χ3n) is 3.22. The fourth-order valence-corrected chi connectivity index (χ4v) is 2.81. The van der Waals surface area contributed by atoms with Gasteiger partial charge in [-0.25, -0.2) is 13.2 Å². The predicted molar refractivity (Wildman–Crippen MR) is 87.0 cm³/mol. The van der Waals surface area contributed by atoms with Crippen molar-refractivity contribution in [3.63, 3.8) is 0 Å². The van der Waals surface area contributed by atoms with Crippen LogP contribution in [-0.4, -0.2) is 41.6 Å². The molecule has 1 aromatic rings. The first-order chi connectivity index (χ1) is 10.9. The number of halogens is 4. The monoisotopic (exact) mass is 441 g/mol. The molecule has 0 fully saturated rings. The van der Waals surface area contributed by atoms with E-state index in [1.165, 1.54) is 19.2 Å². The highest BCUT2D eigenvalue weighted by Gasteiger charge is 2.32. The van der Waals surface area contributed by atoms with E-state index >= 15 is 0 Å². The molecule has 8 heteroatoms. The Balaban J connectivity index is 2.32. The molecule has 0 bridgehead atoms. The number of benzene rings is 1. The molecule has 1 aliphatic rings. The molecule has 1 heterocycles. The number of carbonyl (C=O) groups excluding carboxylic acids is 1. The van der Waals surface area contributed by atoms with Crippen LogP contribution in [0.5, 0.6) is 5.75 Å². The van der Waals surface area contributed by atoms with Crippen LogP contribution in [0.1, 0.15) is 12.0 Å². The lowest BCUT2D eigenvalue weighted by atomic mass is 10.0. The van der Waals surface area contributed by atoms with Crippen molar-refractivity contribution in [1.29, 1.82) is 0 Å². The fraction of sp³-hybridized carbons (Fsp3) is 0.400. The average Bonchev–Trinajstić information content (AvgIpc) is 2.50. The van der Waals surface area contributed by atoms with Crippen LogP contribution >= 0.6 is 22.6 Å². The number of nitrogens with zero attached hydrogens (tertiary/aromatic N) is 1. The minimum Gasteiger partial charge on any atom is -0.467 e. The molecule has 1 aromatic carbocycles. The Labute approximate surface area is 145 Å². The van der Waals surface area contributed by atoms with Crippen LogP contribution in [0.4, 0.5) is 13.2 Å². The smallest absolute Gasteiger partial charge is 0.256 e. The summed E-state index contributed by atoms with van der Waals surface area (Å²) in [6, 6.07) is 4.04. The summed E-state index contributed by atoms with van der Waals surface area (Å²) in [7, 11) is 1.44. The second-order valence-corrected chi connectivity index (χ2v) is 6.33. The van der Waals surface area contributed by atoms with Crippen LogP contribution in [0.3, 0.4) is 0 Å². The minimum atomic E-state index is -2.70. The van der Waals surface area contributed by atoms with Gasteiger partial charge in [-0.1, -0.05) is 28.7 Å². The lowest BCUT2D eigenvalue weighted by molar-refractivity contribution is -0.128. The van der Waals surface area contributed by atoms with Crippen molar-refractivity contribution >= 4 is 34.2 Å². The quantitative estimate of drug-likeness (QED) is 0.386. The zero-order valence-electron chi connectivity index (χ0n) is 12.3. The molecule has 4 nitrogen and oxygen atoms in total. The molecule has 0 spiro atoms. The zero-order chi connectivity index (χ0) is 17.0. The van der Waals surface area contributed by atoms with E-state index in [1.54, 1.807) is 6.08 Å². The van der Waals surface area contributed by atoms with Crippen molar-refractivity contribution in [3.05, 3.63) is 35.7 Å². The number of ether oxygens (including phenoxy) is 2. The molecule has 1 atom stereocenters. The Morgan fingerprint density at radius 2 is 2.17 bits per heavy atom. The van der Waals surface area contributed by atoms with Crippen molar-refractivity contribution < 1.29 is 27.4 Å². The second-order valence-electron chi connectivity index (χ2n) is 4.83. The standard InChI is InChI=1S/C15H15F3INO3/c1-22-8-23-9-2-3-10(11(16)6-9)13-5-4-12(19)15(21)20(13)7-14(17)18/h2-3,5-6,12,14H,4,7-8H2,1H3. The van der Waals surface area contributed by atoms with Crippen LogP contribution < -0.4 is 4.74 Å². The number of allylic oxidation sites excluding steroid dienone is 1. The van der Waals surface area contributed by atoms with Crippen LogP contribution in [0.25, 0.3) is 5.70 Å². The summed E-state index contributed by atoms with van der Waals surface area (Å²) >= 11 is 1.89. The largest absolute Gasteiger partial charge is 0.467 e. The van der Waals surface area contributed by atoms with E-state index in [9.17, 15) is 18.0 Å². The molecule has 1 unspecified atom stereocenters. The third-order valence-corrected chi connectivity index (χ3v) is 4.26. The highest BCUT2D eigenvalue weighted by atomic mass is 127. The molecule has 0 N–H and O–H groups in total. The van der Waals surface area contributed by atoms with Crippen molar-refractivity contribution in [2.75, 3.05) is 20.4 Å². The van der Waals surface area contributed by atoms with E-state index in [1.807, 2.05) is 22.6 Å². The maximum absolute atomic E-state index is 14.3. The Morgan fingerprint density at radius 3 is 2.78 bits per heavy atom. The van der Waals surface area contributed by atoms with Gasteiger partial charge in [-0.15, -0.1) is 0 Å². The van der Waals surface area contributed by atoms with Gasteiger partial charge in [-0.2, -0.15) is 0 Å². The van der Waals surface area contributed by atoms with Crippen molar-refractivity contribution in [3.8, 4) is 5.75 Å². The van der Waals surface area contributed by atoms with Gasteiger partial charge in [-0.3, -0.25) is 4.79 Å². The Hall–Kier alpha value is -1.29. The fourth-order valence-electron chi connectivity index (χ4n) is 2.22. The molecule has 1 amide bonds. The first-order valence-electron chi connectivity index (χ1n) is 6.79. The molecule has 1 aliphatic heterocycles. The van der Waals surface area contributed by atoms with E-state index in [0.29, 0.717) is 6.42 Å². The van der Waals surface area contributed by atoms with Crippen LogP contribution in [0.2, 0.25) is 0 Å². The van der Waals surface area contributed by atoms with E-state index < -0.39 is 28.6 Å². The molecule has 0 saturated heterocycles. The van der Waals surface area contributed by atoms with Gasteiger partial charge < -0.3 is 14.4 Å². The third kappa shape index (κ3) is 4.37. The summed E-state index contributed by atoms with van der Waals surface area (Å²) in [5.41, 5.74) is 0.256. The lowest BCUT2D eigenvalue weighted by Gasteiger charge is -2.31. The Morgan fingerprint density at radius 1 is 1.43 bits per heavy atom. The van der Waals surface area contributed by atoms with Gasteiger partial charge in [0.15, 0.2) is 6.79 Å². The zero-order valence-corrected chi connectivity index (χ0v) is 14.4. The van der Waals surface area contributed by atoms with Gasteiger partial charge in [-0.05, 0) is 18.6 Å². The number of hydrogen-bond acceptors (Lipinski definition) is 3. The molecule has 0 aliphatic carbocycles. The molecular formula is C15H15F3INO3. The van der Waals surface area contributed by atoms with Gasteiger partial charge in [0.25, 0.3) is 6.43 Å². The van der Waals surface area contributed by atoms with Crippen molar-refractivity contribution in [2.24, 2.45) is 0 Å². The molecule has 0 saturated carbocycles. The predicted octanol–water partition coefficient (Wildman–Crippen LogP) is 3.45. The van der Waals surface area contributed by atoms with Crippen molar-refractivity contribution in [2.45, 2.75) is 16.8 Å². The molecule has 0 radical (unpaired) electrons. The number of rotatable bonds is 6. The average molecular weight is 441 g/mol. The Bertz CT molecular complexity index is 610. The maximum Gasteiger partial charge on any atom is 0.256 e. The summed E-state index contributed by atoms with van der Waals surface area (Å²) in [6.07, 6.45) is -0.721. The number of hydrogen-bond donors (Lipinski definition) is 0. The number of amides is 1. The van der Waals surface area contributed by atoms with E-state index in [2.05, 4.69) is 0 Å². The van der Waals surface area contributed by atoms with E-state index in [-0.39, 0.29) is 23.8 Å². The normalized spacial score (nSPS) is 18.3. The molecule has 126 valence electrons. The summed E-state index contributed by atoms with van der Waals surface area (Å²) in [5, 5.41) is 0. The number of methoxy groups -OCH3 is 1. The molecular weight excluding hydrogens is 426 g/mol. The SMILES string of the molecule is COCOc1ccc(C2=CCC(I)C(=O)N2CC(F)F)c(F)c1. The van der Waals surface area contributed by atoms with Gasteiger partial charge in [0.05, 0.1) is 16.2 Å². The highest BCUT2D eigenvalue weighted by Crippen LogP contribution is 2.32. The van der Waals surface area contributed by atoms with Gasteiger partial charge in [0, 0.05) is 18.7 Å². The maximum atomic E-state index is 14.3. The summed E-state index contributed by atoms with van der Waals surface area (Å²) < 4.78 is 49.3. The Kier molecular flexibility index (Phi) is 6.28. The molecule has 2 rings (SSSR count). The van der Waals surface area contributed by atoms with Gasteiger partial charge in [0.1, 0.15) is 11.6 Å². The van der Waals surface area contributed by atoms with Crippen LogP contribution in [0.15, 0.2) is 24.3 Å². The summed E-state index contributed by atoms with van der Waals surface area (Å²) in [5.74, 6) is -0.839. The lowest BCUT2D eigenvalue weighted by Crippen LogP contribution is -2.41. The van der Waals surface area contributed by atoms with Gasteiger partial charge >= 0.3 is 0 Å². The first kappa shape index (κ1) is 18.1. The minimum absolute atomic E-state index is 0.0337. The van der Waals surface area contributed by atoms with E-state index in [0.717, 1.165) is 11.0 Å².